The molecule has 2 N–H and O–H groups in total. The zero-order chi connectivity index (χ0) is 24.8. The maximum Gasteiger partial charge on any atom is 4.00 e. The molecule has 0 atom stereocenters. The van der Waals surface area contributed by atoms with E-state index in [4.69, 9.17) is 10.2 Å². The first kappa shape index (κ1) is 34.7. The van der Waals surface area contributed by atoms with Crippen LogP contribution >= 0.6 is 0 Å². The van der Waals surface area contributed by atoms with Gasteiger partial charge < -0.3 is 40.0 Å². The molecule has 0 saturated heterocycles. The molecule has 0 unspecified atom stereocenters. The molecule has 0 aliphatic carbocycles. The Balaban J connectivity index is -0.000000430. The van der Waals surface area contributed by atoms with Crippen molar-refractivity contribution in [3.05, 3.63) is 73.5 Å². The van der Waals surface area contributed by atoms with E-state index in [0.29, 0.717) is 11.4 Å². The molecule has 0 aliphatic heterocycles. The van der Waals surface area contributed by atoms with Gasteiger partial charge in [0, 0.05) is 22.9 Å². The van der Waals surface area contributed by atoms with E-state index in [1.165, 1.54) is 13.8 Å². The minimum Gasteiger partial charge on any atom is -0.855 e. The van der Waals surface area contributed by atoms with Crippen LogP contribution in [0.2, 0.25) is 0 Å². The first-order valence-electron chi connectivity index (χ1n) is 9.78. The molecule has 176 valence electrons. The molecule has 2 aromatic rings. The molecule has 2 aromatic carbocycles. The van der Waals surface area contributed by atoms with Crippen molar-refractivity contribution in [1.29, 1.82) is 0 Å². The normalized spacial score (nSPS) is 8.18. The molecule has 0 radical (unpaired) electrons. The minimum atomic E-state index is -0.390. The number of amides is 2. The van der Waals surface area contributed by atoms with Gasteiger partial charge in [0.15, 0.2) is 0 Å². The van der Waals surface area contributed by atoms with Gasteiger partial charge in [-0.3, -0.25) is 0 Å². The first-order chi connectivity index (χ1) is 15.2. The zero-order valence-electron chi connectivity index (χ0n) is 19.3. The van der Waals surface area contributed by atoms with Crippen molar-refractivity contribution in [2.45, 2.75) is 27.7 Å². The Kier molecular flexibility index (Phi) is 25.0. The van der Waals surface area contributed by atoms with E-state index in [2.05, 4.69) is 10.6 Å². The van der Waals surface area contributed by atoms with Crippen LogP contribution in [-0.4, -0.2) is 36.6 Å². The van der Waals surface area contributed by atoms with E-state index in [1.54, 1.807) is 38.1 Å². The summed E-state index contributed by atoms with van der Waals surface area (Å²) in [5.74, 6) is -1.29. The Morgan fingerprint density at radius 3 is 1.12 bits per heavy atom. The van der Waals surface area contributed by atoms with Crippen LogP contribution in [-0.2, 0) is 40.9 Å². The summed E-state index contributed by atoms with van der Waals surface area (Å²) in [6.07, 6.45) is 2.04. The van der Waals surface area contributed by atoms with Gasteiger partial charge in [-0.1, -0.05) is 50.2 Å². The van der Waals surface area contributed by atoms with E-state index in [-0.39, 0.29) is 46.5 Å². The van der Waals surface area contributed by atoms with Crippen molar-refractivity contribution in [1.82, 2.24) is 0 Å². The molecular formula is C24H30N2O6Ti. The van der Waals surface area contributed by atoms with Crippen LogP contribution in [0.1, 0.15) is 27.7 Å². The zero-order valence-corrected chi connectivity index (χ0v) is 20.9. The van der Waals surface area contributed by atoms with Crippen LogP contribution < -0.4 is 20.8 Å². The summed E-state index contributed by atoms with van der Waals surface area (Å²) in [6, 6.07) is 18.0. The molecule has 0 saturated carbocycles. The van der Waals surface area contributed by atoms with Crippen molar-refractivity contribution in [2.75, 3.05) is 23.8 Å². The summed E-state index contributed by atoms with van der Waals surface area (Å²) in [5.41, 5.74) is 1.37. The van der Waals surface area contributed by atoms with E-state index in [0.717, 1.165) is 12.8 Å². The van der Waals surface area contributed by atoms with E-state index < -0.39 is 11.8 Å². The number of nitrogens with one attached hydrogen (secondary N) is 2. The van der Waals surface area contributed by atoms with Crippen LogP contribution in [0.25, 0.3) is 0 Å². The van der Waals surface area contributed by atoms with Gasteiger partial charge in [-0.05, 0) is 38.1 Å². The fraction of sp³-hybridized carbons (Fsp3) is 0.250. The first-order valence-corrected chi connectivity index (χ1v) is 9.78. The summed E-state index contributed by atoms with van der Waals surface area (Å²) >= 11 is 0. The van der Waals surface area contributed by atoms with Crippen LogP contribution in [0.3, 0.4) is 0 Å². The van der Waals surface area contributed by atoms with Crippen molar-refractivity contribution in [3.63, 3.8) is 0 Å². The third-order valence-corrected chi connectivity index (χ3v) is 2.75. The van der Waals surface area contributed by atoms with Gasteiger partial charge in [-0.25, -0.2) is 12.8 Å². The van der Waals surface area contributed by atoms with Gasteiger partial charge in [0.2, 0.25) is 0 Å². The maximum absolute atomic E-state index is 11.0. The molecule has 9 heteroatoms. The van der Waals surface area contributed by atoms with Gasteiger partial charge in [0.05, 0.1) is 11.8 Å². The number of carbonyl (C=O) groups is 4. The summed E-state index contributed by atoms with van der Waals surface area (Å²) in [7, 11) is 0. The van der Waals surface area contributed by atoms with Crippen LogP contribution in [0.15, 0.2) is 60.7 Å². The van der Waals surface area contributed by atoms with Gasteiger partial charge in [0.25, 0.3) is 0 Å². The molecule has 0 heterocycles. The third-order valence-electron chi connectivity index (χ3n) is 2.75. The minimum absolute atomic E-state index is 0. The Bertz CT molecular complexity index is 719. The van der Waals surface area contributed by atoms with E-state index in [1.807, 2.05) is 36.4 Å². The second-order valence-corrected chi connectivity index (χ2v) is 5.80. The second kappa shape index (κ2) is 23.8. The number of hydrogen-bond donors (Lipinski definition) is 2. The predicted octanol–water partition coefficient (Wildman–Crippen LogP) is 1.57. The summed E-state index contributed by atoms with van der Waals surface area (Å²) in [5, 5.41) is 23.0. The average Bonchev–Trinajstić information content (AvgIpc) is 2.70. The second-order valence-electron chi connectivity index (χ2n) is 5.80. The molecule has 0 aliphatic rings. The summed E-state index contributed by atoms with van der Waals surface area (Å²) in [6.45, 7) is 5.81. The number of anilines is 2. The SMILES string of the molecule is CC(=O)[CH-]C(=O)Nc1ccccc1.CC(=O)[CH-]C(=O)Nc1ccccc1.CC[O-].CC[O-].[Ti+4]. The molecule has 2 amide bonds. The van der Waals surface area contributed by atoms with E-state index >= 15 is 0 Å². The number of hydrogen-bond acceptors (Lipinski definition) is 6. The molecular weight excluding hydrogens is 460 g/mol. The van der Waals surface area contributed by atoms with Gasteiger partial charge in [-0.2, -0.15) is 0 Å². The number of ketones is 2. The molecule has 33 heavy (non-hydrogen) atoms. The standard InChI is InChI=1S/2C10H10NO2.2C2H5O.Ti/c2*1-8(12)7-10(13)11-9-5-3-2-4-6-9;2*1-2-3;/h2*2-7H,1H3,(H,11,13);2*2H2,1H3;/q4*-1;+4. The predicted molar refractivity (Wildman–Crippen MR) is 121 cm³/mol. The van der Waals surface area contributed by atoms with Crippen molar-refractivity contribution in [3.8, 4) is 0 Å². The van der Waals surface area contributed by atoms with Gasteiger partial charge >= 0.3 is 21.7 Å². The Morgan fingerprint density at radius 1 is 0.667 bits per heavy atom. The Morgan fingerprint density at radius 2 is 0.909 bits per heavy atom. The summed E-state index contributed by atoms with van der Waals surface area (Å²) in [4.78, 5) is 43.1. The third kappa shape index (κ3) is 25.2. The van der Waals surface area contributed by atoms with Gasteiger partial charge in [0.1, 0.15) is 0 Å². The Labute approximate surface area is 210 Å². The smallest absolute Gasteiger partial charge is 0.855 e. The number of para-hydroxylation sites is 2. The quantitative estimate of drug-likeness (QED) is 0.358. The van der Waals surface area contributed by atoms with Gasteiger partial charge in [-0.15, -0.1) is 13.2 Å². The van der Waals surface area contributed by atoms with Crippen molar-refractivity contribution in [2.24, 2.45) is 0 Å². The topological polar surface area (TPSA) is 138 Å². The monoisotopic (exact) mass is 490 g/mol. The fourth-order valence-electron chi connectivity index (χ4n) is 1.77. The Hall–Kier alpha value is -2.91. The van der Waals surface area contributed by atoms with Crippen molar-refractivity contribution < 1.29 is 51.1 Å². The average molecular weight is 490 g/mol. The van der Waals surface area contributed by atoms with E-state index in [9.17, 15) is 19.2 Å². The number of Topliss-reactive ketones (excluding diaryl/α,β-unsaturated/α-hetero) is 2. The van der Waals surface area contributed by atoms with Crippen molar-refractivity contribution >= 4 is 34.8 Å². The molecule has 0 spiro atoms. The number of benzene rings is 2. The summed E-state index contributed by atoms with van der Waals surface area (Å²) < 4.78 is 0. The van der Waals surface area contributed by atoms with Crippen LogP contribution in [0, 0.1) is 12.8 Å². The van der Waals surface area contributed by atoms with Crippen LogP contribution in [0.5, 0.6) is 0 Å². The fourth-order valence-corrected chi connectivity index (χ4v) is 1.77. The maximum atomic E-state index is 11.0. The molecule has 0 aromatic heterocycles. The molecule has 8 nitrogen and oxygen atoms in total. The number of carbonyl (C=O) groups excluding carboxylic acids is 4. The largest absolute Gasteiger partial charge is 4.00 e. The van der Waals surface area contributed by atoms with Crippen LogP contribution in [0.4, 0.5) is 11.4 Å². The molecule has 0 bridgehead atoms. The number of rotatable bonds is 6. The molecule has 0 fully saturated rings. The molecule has 2 rings (SSSR count).